The second-order valence-corrected chi connectivity index (χ2v) is 36.4. The van der Waals surface area contributed by atoms with Gasteiger partial charge in [-0.05, 0) is 193 Å². The van der Waals surface area contributed by atoms with Crippen LogP contribution in [0.1, 0.15) is 144 Å². The zero-order chi connectivity index (χ0) is 87.8. The summed E-state index contributed by atoms with van der Waals surface area (Å²) in [5.74, 6) is 0.233. The highest BCUT2D eigenvalue weighted by Crippen LogP contribution is 2.40. The molecule has 35 heteroatoms. The van der Waals surface area contributed by atoms with Crippen LogP contribution in [0, 0.1) is 23.1 Å². The number of benzene rings is 2. The number of halogens is 1. The number of methoxy groups -OCH3 is 1. The molecule has 3 fully saturated rings. The lowest BCUT2D eigenvalue weighted by Gasteiger charge is -2.44. The number of amides is 3. The van der Waals surface area contributed by atoms with Crippen LogP contribution in [0.5, 0.6) is 17.5 Å². The van der Waals surface area contributed by atoms with Crippen LogP contribution in [0.25, 0.3) is 33.8 Å². The highest BCUT2D eigenvalue weighted by atomic mass is 32.2. The van der Waals surface area contributed by atoms with Crippen molar-refractivity contribution in [1.82, 2.24) is 54.0 Å². The van der Waals surface area contributed by atoms with E-state index in [-0.39, 0.29) is 90.9 Å². The maximum atomic E-state index is 14.6. The van der Waals surface area contributed by atoms with Gasteiger partial charge in [-0.3, -0.25) is 14.4 Å². The Morgan fingerprint density at radius 2 is 1.02 bits per heavy atom. The van der Waals surface area contributed by atoms with Crippen molar-refractivity contribution < 1.29 is 67.7 Å². The number of rotatable bonds is 28. The summed E-state index contributed by atoms with van der Waals surface area (Å²) in [6, 6.07) is 43.8. The topological polar surface area (TPSA) is 427 Å². The summed E-state index contributed by atoms with van der Waals surface area (Å²) in [6.07, 6.45) is 8.56. The van der Waals surface area contributed by atoms with Crippen molar-refractivity contribution in [2.24, 2.45) is 17.3 Å². The first kappa shape index (κ1) is 90.7. The summed E-state index contributed by atoms with van der Waals surface area (Å²) in [7, 11) is -11.2. The van der Waals surface area contributed by atoms with E-state index in [1.807, 2.05) is 86.9 Å². The molecule has 2 aromatic carbocycles. The number of carbonyl (C=O) groups is 3. The molecule has 0 radical (unpaired) electrons. The third kappa shape index (κ3) is 23.8. The Bertz CT molecular complexity index is 5680. The number of sulfonamides is 3. The summed E-state index contributed by atoms with van der Waals surface area (Å²) in [4.78, 5) is 81.0. The third-order valence-corrected chi connectivity index (χ3v) is 24.3. The van der Waals surface area contributed by atoms with Crippen molar-refractivity contribution in [2.45, 2.75) is 160 Å². The van der Waals surface area contributed by atoms with Gasteiger partial charge < -0.3 is 55.6 Å². The van der Waals surface area contributed by atoms with E-state index in [2.05, 4.69) is 78.6 Å². The number of hydrogen-bond donors (Lipinski definition) is 6. The fourth-order valence-corrected chi connectivity index (χ4v) is 16.8. The number of hydrogen-bond acceptors (Lipinski definition) is 28. The molecule has 31 nitrogen and oxygen atoms in total. The predicted octanol–water partition coefficient (Wildman–Crippen LogP) is 12.5. The lowest BCUT2D eigenvalue weighted by molar-refractivity contribution is 0.0473. The highest BCUT2D eigenvalue weighted by Gasteiger charge is 2.38. The van der Waals surface area contributed by atoms with Crippen molar-refractivity contribution >= 4 is 82.7 Å². The Morgan fingerprint density at radius 1 is 0.533 bits per heavy atom. The predicted molar refractivity (Wildman–Crippen MR) is 464 cm³/mol. The van der Waals surface area contributed by atoms with E-state index in [1.54, 1.807) is 68.0 Å². The molecule has 10 aromatic rings. The molecule has 13 rings (SSSR count). The van der Waals surface area contributed by atoms with Crippen LogP contribution in [0.3, 0.4) is 0 Å². The van der Waals surface area contributed by atoms with Crippen LogP contribution < -0.4 is 60.3 Å². The first-order valence-electron chi connectivity index (χ1n) is 40.1. The number of nitrogens with one attached hydrogen (secondary N) is 3. The molecule has 0 bridgehead atoms. The third-order valence-electron chi connectivity index (χ3n) is 20.6. The van der Waals surface area contributed by atoms with Crippen molar-refractivity contribution in [3.8, 4) is 51.3 Å². The number of pyridine rings is 8. The standard InChI is InChI=1S/C32H36N6O5S.C29H36FN5O4S.C26H32N6O5S/c1-21-12-13-22(2)38(21)31-26(32(39)37-44(40,41)30-11-7-10-28(33)36-30)15-16-27(35-31)25-14-17-29(34-18-25)43-23(3)19-42-20-24-8-5-4-6-9-24;1-18(2)16-39-22-14-20(13-21(30)15-22)24-10-9-23(27(32-24)35-12-11-19(3)29(4,5)17-35)28(36)34-40(37,38)26-8-6-7-25(31)33-26;1-17(2)37-23-13-10-18(15-28-23)21-12-11-20(25(29-21)32-14-5-4-7-19(32)16-36-3)26(33)31-38(34,35)24-9-6-8-22(27)30-24/h4-11,14-18,21-23H,12-13,19-20H2,1-3H3,(H2,33,36)(H,37,39);6-10,13-15,18-19H,11-12,16-17H2,1-5H3,(H2,31,33)(H,34,36);6,8-13,15,17,19H,4-5,7,14,16H2,1-3H3,(H2,27,30)(H,31,33)/t21-,22+,23-;;/m1../s1. The highest BCUT2D eigenvalue weighted by molar-refractivity contribution is 7.90. The minimum absolute atomic E-state index is 0.00787. The Hall–Kier alpha value is -12.1. The number of nitrogen functional groups attached to an aromatic ring is 3. The SMILES string of the molecule is CC(C)COc1cc(F)cc(-c2ccc(C(=O)NS(=O)(=O)c3cccc(N)n3)c(N3CCC(C)C(C)(C)C3)n2)c1.COCC1CCCCN1c1nc(-c2ccc(OC(C)C)nc2)ccc1C(=O)NS(=O)(=O)c1cccc(N)n1.C[C@H](COCc1ccccc1)Oc1ccc(-c2ccc(C(=O)NS(=O)(=O)c3cccc(N)n3)c(N3[C@H](C)CC[C@@H]3C)n2)cn1. The molecular weight excluding hydrogens is 1620 g/mol. The van der Waals surface area contributed by atoms with E-state index in [4.69, 9.17) is 55.8 Å². The van der Waals surface area contributed by atoms with Gasteiger partial charge in [0, 0.05) is 86.1 Å². The Morgan fingerprint density at radius 3 is 1.51 bits per heavy atom. The number of anilines is 6. The zero-order valence-corrected chi connectivity index (χ0v) is 72.4. The van der Waals surface area contributed by atoms with Crippen molar-refractivity contribution in [3.63, 3.8) is 0 Å². The molecule has 3 saturated heterocycles. The van der Waals surface area contributed by atoms with Crippen molar-refractivity contribution in [2.75, 3.05) is 78.5 Å². The molecule has 5 atom stereocenters. The van der Waals surface area contributed by atoms with Crippen molar-refractivity contribution in [1.29, 1.82) is 0 Å². The number of piperidine rings is 2. The smallest absolute Gasteiger partial charge is 0.281 e. The van der Waals surface area contributed by atoms with Crippen LogP contribution in [0.15, 0.2) is 191 Å². The first-order chi connectivity index (χ1) is 58.0. The number of ether oxygens (including phenoxy) is 5. The lowest BCUT2D eigenvalue weighted by atomic mass is 9.75. The Labute approximate surface area is 711 Å². The van der Waals surface area contributed by atoms with Gasteiger partial charge in [-0.15, -0.1) is 0 Å². The van der Waals surface area contributed by atoms with E-state index < -0.39 is 53.6 Å². The summed E-state index contributed by atoms with van der Waals surface area (Å²) >= 11 is 0. The molecule has 0 saturated carbocycles. The largest absolute Gasteiger partial charge is 0.493 e. The molecule has 8 aromatic heterocycles. The number of carbonyl (C=O) groups excluding carboxylic acids is 3. The summed E-state index contributed by atoms with van der Waals surface area (Å²) in [5.41, 5.74) is 21.8. The van der Waals surface area contributed by atoms with Gasteiger partial charge >= 0.3 is 0 Å². The van der Waals surface area contributed by atoms with E-state index in [9.17, 15) is 44.0 Å². The molecule has 3 amide bonds. The monoisotopic (exact) mass is 1730 g/mol. The van der Waals surface area contributed by atoms with Gasteiger partial charge in [-0.2, -0.15) is 25.3 Å². The molecule has 9 N–H and O–H groups in total. The first-order valence-corrected chi connectivity index (χ1v) is 44.5. The second-order valence-electron chi connectivity index (χ2n) is 31.5. The Balaban J connectivity index is 0.000000179. The van der Waals surface area contributed by atoms with E-state index in [1.165, 1.54) is 72.8 Å². The van der Waals surface area contributed by atoms with E-state index in [0.29, 0.717) is 110 Å². The molecule has 3 aliphatic heterocycles. The summed E-state index contributed by atoms with van der Waals surface area (Å²) in [5, 5.41) is -1.05. The molecule has 3 aliphatic rings. The molecule has 646 valence electrons. The minimum Gasteiger partial charge on any atom is -0.493 e. The van der Waals surface area contributed by atoms with E-state index >= 15 is 0 Å². The maximum absolute atomic E-state index is 14.6. The maximum Gasteiger partial charge on any atom is 0.281 e. The number of nitrogens with two attached hydrogens (primary N) is 3. The average molecular weight is 1730 g/mol. The van der Waals surface area contributed by atoms with Gasteiger partial charge in [0.05, 0.1) is 72.3 Å². The van der Waals surface area contributed by atoms with Gasteiger partial charge in [0.2, 0.25) is 11.8 Å². The molecule has 0 aliphatic carbocycles. The fourth-order valence-electron chi connectivity index (χ4n) is 14.0. The molecule has 122 heavy (non-hydrogen) atoms. The fraction of sp³-hybridized carbons (Fsp3) is 0.368. The quantitative estimate of drug-likeness (QED) is 0.0265. The lowest BCUT2D eigenvalue weighted by Crippen LogP contribution is -2.46. The van der Waals surface area contributed by atoms with Gasteiger partial charge in [-0.1, -0.05) is 83.1 Å². The van der Waals surface area contributed by atoms with Crippen molar-refractivity contribution in [3.05, 3.63) is 204 Å². The molecule has 0 spiro atoms. The minimum atomic E-state index is -4.30. The van der Waals surface area contributed by atoms with Gasteiger partial charge in [0.15, 0.2) is 15.1 Å². The van der Waals surface area contributed by atoms with Gasteiger partial charge in [0.1, 0.15) is 52.6 Å². The van der Waals surface area contributed by atoms with Crippen LogP contribution in [-0.4, -0.2) is 160 Å². The number of nitrogens with zero attached hydrogens (tertiary/aromatic N) is 11. The zero-order valence-electron chi connectivity index (χ0n) is 69.9. The van der Waals surface area contributed by atoms with Crippen LogP contribution in [-0.2, 0) is 46.2 Å². The molecule has 11 heterocycles. The Kier molecular flexibility index (Phi) is 29.8. The van der Waals surface area contributed by atoms with Crippen LogP contribution in [0.2, 0.25) is 0 Å². The van der Waals surface area contributed by atoms with Gasteiger partial charge in [0.25, 0.3) is 47.8 Å². The average Bonchev–Trinajstić information content (AvgIpc) is 1.12. The van der Waals surface area contributed by atoms with Gasteiger partial charge in [-0.25, -0.2) is 58.4 Å². The number of aromatic nitrogens is 8. The molecular formula is C87H104FN17O14S3. The summed E-state index contributed by atoms with van der Waals surface area (Å²) < 4.78 is 127. The molecule has 2 unspecified atom stereocenters. The van der Waals surface area contributed by atoms with E-state index in [0.717, 1.165) is 55.2 Å². The van der Waals surface area contributed by atoms with Crippen LogP contribution >= 0.6 is 0 Å². The van der Waals surface area contributed by atoms with Crippen LogP contribution in [0.4, 0.5) is 39.3 Å². The normalized spacial score (nSPS) is 16.8. The second kappa shape index (κ2) is 40.1. The summed E-state index contributed by atoms with van der Waals surface area (Å²) in [6.45, 7) is 24.0.